The van der Waals surface area contributed by atoms with Gasteiger partial charge in [0.1, 0.15) is 0 Å². The topological polar surface area (TPSA) is 70.6 Å². The van der Waals surface area contributed by atoms with Crippen LogP contribution in [0.3, 0.4) is 0 Å². The maximum absolute atomic E-state index is 12.0. The summed E-state index contributed by atoms with van der Waals surface area (Å²) in [5, 5.41) is 8.40. The van der Waals surface area contributed by atoms with Gasteiger partial charge in [0.05, 0.1) is 6.21 Å². The van der Waals surface area contributed by atoms with Crippen LogP contribution in [0.4, 0.5) is 5.69 Å². The maximum atomic E-state index is 12.0. The van der Waals surface area contributed by atoms with Crippen molar-refractivity contribution in [2.45, 2.75) is 26.7 Å². The average molecular weight is 329 g/mol. The van der Waals surface area contributed by atoms with Gasteiger partial charge in [0.2, 0.25) is 0 Å². The van der Waals surface area contributed by atoms with Crippen LogP contribution in [0.2, 0.25) is 0 Å². The van der Waals surface area contributed by atoms with Crippen LogP contribution >= 0.6 is 11.3 Å². The Hall–Kier alpha value is -2.47. The molecule has 2 rings (SSSR count). The second-order valence-electron chi connectivity index (χ2n) is 4.83. The van der Waals surface area contributed by atoms with Crippen molar-refractivity contribution in [2.75, 3.05) is 5.32 Å². The molecule has 1 aromatic carbocycles. The third kappa shape index (κ3) is 4.50. The first kappa shape index (κ1) is 16.9. The molecule has 23 heavy (non-hydrogen) atoms. The smallest absolute Gasteiger partial charge is 0.317 e. The SMILES string of the molecule is CCc1cccc(CC)c1NC(=O)C(=O)N/N=C/c1cccs1. The van der Waals surface area contributed by atoms with Crippen molar-refractivity contribution in [1.82, 2.24) is 5.43 Å². The highest BCUT2D eigenvalue weighted by Gasteiger charge is 2.16. The monoisotopic (exact) mass is 329 g/mol. The predicted molar refractivity (Wildman–Crippen MR) is 93.9 cm³/mol. The Bertz CT molecular complexity index is 686. The summed E-state index contributed by atoms with van der Waals surface area (Å²) in [7, 11) is 0. The second kappa shape index (κ2) is 8.24. The fourth-order valence-electron chi connectivity index (χ4n) is 2.14. The van der Waals surface area contributed by atoms with Crippen LogP contribution in [0.15, 0.2) is 40.8 Å². The molecule has 1 heterocycles. The lowest BCUT2D eigenvalue weighted by molar-refractivity contribution is -0.136. The number of anilines is 1. The van der Waals surface area contributed by atoms with Crippen molar-refractivity contribution in [3.63, 3.8) is 0 Å². The second-order valence-corrected chi connectivity index (χ2v) is 5.81. The van der Waals surface area contributed by atoms with E-state index in [1.165, 1.54) is 17.6 Å². The largest absolute Gasteiger partial charge is 0.329 e. The number of thiophene rings is 1. The Balaban J connectivity index is 2.02. The minimum Gasteiger partial charge on any atom is -0.317 e. The highest BCUT2D eigenvalue weighted by Crippen LogP contribution is 2.22. The van der Waals surface area contributed by atoms with Gasteiger partial charge in [-0.25, -0.2) is 5.43 Å². The van der Waals surface area contributed by atoms with Gasteiger partial charge in [0.25, 0.3) is 0 Å². The van der Waals surface area contributed by atoms with E-state index in [0.29, 0.717) is 0 Å². The third-order valence-corrected chi connectivity index (χ3v) is 4.15. The number of carbonyl (C=O) groups excluding carboxylic acids is 2. The van der Waals surface area contributed by atoms with E-state index in [1.54, 1.807) is 0 Å². The zero-order chi connectivity index (χ0) is 16.7. The molecular formula is C17H19N3O2S. The summed E-state index contributed by atoms with van der Waals surface area (Å²) in [6.07, 6.45) is 3.07. The van der Waals surface area contributed by atoms with Crippen LogP contribution in [-0.2, 0) is 22.4 Å². The first-order chi connectivity index (χ1) is 11.2. The zero-order valence-corrected chi connectivity index (χ0v) is 13.9. The van der Waals surface area contributed by atoms with Crippen LogP contribution < -0.4 is 10.7 Å². The summed E-state index contributed by atoms with van der Waals surface area (Å²) >= 11 is 1.49. The molecule has 0 aliphatic rings. The molecule has 0 aliphatic heterocycles. The Morgan fingerprint density at radius 2 is 1.78 bits per heavy atom. The molecule has 0 bridgehead atoms. The molecule has 120 valence electrons. The molecule has 0 atom stereocenters. The highest BCUT2D eigenvalue weighted by atomic mass is 32.1. The van der Waals surface area contributed by atoms with Crippen molar-refractivity contribution in [3.05, 3.63) is 51.7 Å². The van der Waals surface area contributed by atoms with E-state index in [0.717, 1.165) is 34.5 Å². The number of amides is 2. The third-order valence-electron chi connectivity index (χ3n) is 3.34. The number of aryl methyl sites for hydroxylation is 2. The molecule has 0 spiro atoms. The van der Waals surface area contributed by atoms with Crippen molar-refractivity contribution in [3.8, 4) is 0 Å². The maximum Gasteiger partial charge on any atom is 0.329 e. The van der Waals surface area contributed by atoms with Crippen molar-refractivity contribution in [1.29, 1.82) is 0 Å². The van der Waals surface area contributed by atoms with Gasteiger partial charge in [-0.1, -0.05) is 38.1 Å². The van der Waals surface area contributed by atoms with Crippen LogP contribution in [0.1, 0.15) is 29.9 Å². The number of benzene rings is 1. The fourth-order valence-corrected chi connectivity index (χ4v) is 2.73. The van der Waals surface area contributed by atoms with E-state index in [1.807, 2.05) is 49.6 Å². The van der Waals surface area contributed by atoms with Gasteiger partial charge in [-0.2, -0.15) is 5.10 Å². The van der Waals surface area contributed by atoms with Gasteiger partial charge in [0.15, 0.2) is 0 Å². The number of hydrogen-bond donors (Lipinski definition) is 2. The standard InChI is InChI=1S/C17H19N3O2S/c1-3-12-7-5-8-13(4-2)15(12)19-16(21)17(22)20-18-11-14-9-6-10-23-14/h5-11H,3-4H2,1-2H3,(H,19,21)(H,20,22)/b18-11+. The molecule has 0 aliphatic carbocycles. The summed E-state index contributed by atoms with van der Waals surface area (Å²) in [6.45, 7) is 4.02. The molecule has 2 N–H and O–H groups in total. The number of nitrogens with one attached hydrogen (secondary N) is 2. The van der Waals surface area contributed by atoms with E-state index in [4.69, 9.17) is 0 Å². The zero-order valence-electron chi connectivity index (χ0n) is 13.1. The Labute approximate surface area is 139 Å². The minimum atomic E-state index is -0.786. The van der Waals surface area contributed by atoms with E-state index >= 15 is 0 Å². The highest BCUT2D eigenvalue weighted by molar-refractivity contribution is 7.11. The summed E-state index contributed by atoms with van der Waals surface area (Å²) in [6, 6.07) is 9.60. The van der Waals surface area contributed by atoms with Crippen LogP contribution in [0, 0.1) is 0 Å². The van der Waals surface area contributed by atoms with Gasteiger partial charge in [-0.3, -0.25) is 9.59 Å². The number of nitrogens with zero attached hydrogens (tertiary/aromatic N) is 1. The van der Waals surface area contributed by atoms with E-state index in [9.17, 15) is 9.59 Å². The van der Waals surface area contributed by atoms with E-state index in [2.05, 4.69) is 15.8 Å². The molecule has 0 fully saturated rings. The minimum absolute atomic E-state index is 0.719. The fraction of sp³-hybridized carbons (Fsp3) is 0.235. The summed E-state index contributed by atoms with van der Waals surface area (Å²) in [5.74, 6) is -1.50. The van der Waals surface area contributed by atoms with Gasteiger partial charge >= 0.3 is 11.8 Å². The molecule has 2 amide bonds. The molecule has 6 heteroatoms. The molecule has 0 radical (unpaired) electrons. The van der Waals surface area contributed by atoms with Gasteiger partial charge in [-0.15, -0.1) is 11.3 Å². The molecule has 0 unspecified atom stereocenters. The number of hydrogen-bond acceptors (Lipinski definition) is 4. The molecular weight excluding hydrogens is 310 g/mol. The van der Waals surface area contributed by atoms with Crippen molar-refractivity contribution in [2.24, 2.45) is 5.10 Å². The Morgan fingerprint density at radius 1 is 1.09 bits per heavy atom. The lowest BCUT2D eigenvalue weighted by atomic mass is 10.0. The van der Waals surface area contributed by atoms with Crippen LogP contribution in [0.5, 0.6) is 0 Å². The first-order valence-electron chi connectivity index (χ1n) is 7.44. The van der Waals surface area contributed by atoms with Crippen molar-refractivity contribution < 1.29 is 9.59 Å². The van der Waals surface area contributed by atoms with E-state index in [-0.39, 0.29) is 0 Å². The summed E-state index contributed by atoms with van der Waals surface area (Å²) in [5.41, 5.74) is 4.98. The molecule has 2 aromatic rings. The van der Waals surface area contributed by atoms with Crippen LogP contribution in [0.25, 0.3) is 0 Å². The van der Waals surface area contributed by atoms with Gasteiger partial charge < -0.3 is 5.32 Å². The molecule has 0 saturated carbocycles. The number of carbonyl (C=O) groups is 2. The molecule has 0 saturated heterocycles. The van der Waals surface area contributed by atoms with Crippen molar-refractivity contribution >= 4 is 35.1 Å². The lowest BCUT2D eigenvalue weighted by Gasteiger charge is -2.13. The average Bonchev–Trinajstić information content (AvgIpc) is 3.08. The molecule has 1 aromatic heterocycles. The Kier molecular flexibility index (Phi) is 6.05. The van der Waals surface area contributed by atoms with Gasteiger partial charge in [-0.05, 0) is 35.4 Å². The number of hydrazone groups is 1. The van der Waals surface area contributed by atoms with E-state index < -0.39 is 11.8 Å². The summed E-state index contributed by atoms with van der Waals surface area (Å²) in [4.78, 5) is 24.8. The number of rotatable bonds is 5. The molecule has 5 nitrogen and oxygen atoms in total. The number of para-hydroxylation sites is 1. The normalized spacial score (nSPS) is 10.7. The predicted octanol–water partition coefficient (Wildman–Crippen LogP) is 2.96. The van der Waals surface area contributed by atoms with Gasteiger partial charge in [0, 0.05) is 10.6 Å². The van der Waals surface area contributed by atoms with Crippen LogP contribution in [-0.4, -0.2) is 18.0 Å². The lowest BCUT2D eigenvalue weighted by Crippen LogP contribution is -2.33. The Morgan fingerprint density at radius 3 is 2.35 bits per heavy atom. The quantitative estimate of drug-likeness (QED) is 0.503. The first-order valence-corrected chi connectivity index (χ1v) is 8.32. The summed E-state index contributed by atoms with van der Waals surface area (Å²) < 4.78 is 0.